The first-order valence-corrected chi connectivity index (χ1v) is 10.3. The summed E-state index contributed by atoms with van der Waals surface area (Å²) in [5.74, 6) is 0.857. The molecule has 0 radical (unpaired) electrons. The maximum Gasteiger partial charge on any atom is 0.315 e. The standard InChI is InChI=1S/C23H24ClN3O5/c1-3-31-21-18(24)11-16(12-20(21)30-2)14-26-23(29)25-13-15-6-4-7-17(10-15)27-22(28)19-8-5-9-32-19/h4-12H,3,13-14H2,1-2H3,(H,27,28)(H2,25,26,29). The lowest BCUT2D eigenvalue weighted by molar-refractivity contribution is 0.0996. The summed E-state index contributed by atoms with van der Waals surface area (Å²) in [6, 6.07) is 13.5. The topological polar surface area (TPSA) is 102 Å². The van der Waals surface area contributed by atoms with E-state index in [1.807, 2.05) is 13.0 Å². The number of carbonyl (C=O) groups excluding carboxylic acids is 2. The minimum absolute atomic E-state index is 0.221. The van der Waals surface area contributed by atoms with Gasteiger partial charge in [0, 0.05) is 18.8 Å². The zero-order chi connectivity index (χ0) is 22.9. The second-order valence-corrected chi connectivity index (χ2v) is 7.12. The summed E-state index contributed by atoms with van der Waals surface area (Å²) in [6.07, 6.45) is 1.44. The molecule has 0 atom stereocenters. The number of halogens is 1. The van der Waals surface area contributed by atoms with Gasteiger partial charge in [0.1, 0.15) is 0 Å². The molecule has 168 valence electrons. The molecule has 0 aliphatic heterocycles. The zero-order valence-corrected chi connectivity index (χ0v) is 18.5. The molecule has 3 N–H and O–H groups in total. The second kappa shape index (κ2) is 11.1. The number of urea groups is 1. The van der Waals surface area contributed by atoms with E-state index in [1.54, 1.807) is 42.5 Å². The van der Waals surface area contributed by atoms with Crippen LogP contribution in [-0.2, 0) is 13.1 Å². The van der Waals surface area contributed by atoms with Gasteiger partial charge in [-0.2, -0.15) is 0 Å². The summed E-state index contributed by atoms with van der Waals surface area (Å²) in [5, 5.41) is 8.73. The molecule has 1 aromatic heterocycles. The van der Waals surface area contributed by atoms with Crippen LogP contribution in [0.4, 0.5) is 10.5 Å². The van der Waals surface area contributed by atoms with Crippen LogP contribution in [0.15, 0.2) is 59.2 Å². The molecule has 9 heteroatoms. The van der Waals surface area contributed by atoms with Crippen LogP contribution in [0.2, 0.25) is 5.02 Å². The number of ether oxygens (including phenoxy) is 2. The van der Waals surface area contributed by atoms with E-state index in [9.17, 15) is 9.59 Å². The van der Waals surface area contributed by atoms with E-state index in [0.717, 1.165) is 11.1 Å². The number of hydrogen-bond acceptors (Lipinski definition) is 5. The maximum atomic E-state index is 12.2. The number of hydrogen-bond donors (Lipinski definition) is 3. The average molecular weight is 458 g/mol. The van der Waals surface area contributed by atoms with Crippen LogP contribution in [-0.4, -0.2) is 25.7 Å². The van der Waals surface area contributed by atoms with Gasteiger partial charge in [-0.05, 0) is 54.4 Å². The van der Waals surface area contributed by atoms with Crippen molar-refractivity contribution >= 4 is 29.2 Å². The normalized spacial score (nSPS) is 10.3. The summed E-state index contributed by atoms with van der Waals surface area (Å²) >= 11 is 6.26. The van der Waals surface area contributed by atoms with Crippen molar-refractivity contribution in [3.8, 4) is 11.5 Å². The molecule has 2 aromatic carbocycles. The number of furan rings is 1. The van der Waals surface area contributed by atoms with Crippen molar-refractivity contribution in [2.24, 2.45) is 0 Å². The van der Waals surface area contributed by atoms with Crippen molar-refractivity contribution < 1.29 is 23.5 Å². The van der Waals surface area contributed by atoms with E-state index in [4.69, 9.17) is 25.5 Å². The summed E-state index contributed by atoms with van der Waals surface area (Å²) in [6.45, 7) is 2.86. The van der Waals surface area contributed by atoms with Gasteiger partial charge in [0.2, 0.25) is 0 Å². The molecular formula is C23H24ClN3O5. The Morgan fingerprint density at radius 2 is 1.81 bits per heavy atom. The Hall–Kier alpha value is -3.65. The number of carbonyl (C=O) groups is 2. The summed E-state index contributed by atoms with van der Waals surface area (Å²) in [5.41, 5.74) is 2.19. The van der Waals surface area contributed by atoms with Crippen LogP contribution < -0.4 is 25.4 Å². The maximum absolute atomic E-state index is 12.2. The van der Waals surface area contributed by atoms with E-state index >= 15 is 0 Å². The van der Waals surface area contributed by atoms with E-state index in [-0.39, 0.29) is 30.8 Å². The van der Waals surface area contributed by atoms with Crippen molar-refractivity contribution in [1.29, 1.82) is 0 Å². The van der Waals surface area contributed by atoms with Crippen LogP contribution in [0.5, 0.6) is 11.5 Å². The van der Waals surface area contributed by atoms with Gasteiger partial charge >= 0.3 is 6.03 Å². The van der Waals surface area contributed by atoms with Gasteiger partial charge in [0.15, 0.2) is 17.3 Å². The van der Waals surface area contributed by atoms with Crippen molar-refractivity contribution in [3.63, 3.8) is 0 Å². The molecular weight excluding hydrogens is 434 g/mol. The number of anilines is 1. The molecule has 0 fully saturated rings. The Morgan fingerprint density at radius 3 is 2.50 bits per heavy atom. The molecule has 0 unspecified atom stereocenters. The molecule has 0 saturated carbocycles. The van der Waals surface area contributed by atoms with Gasteiger partial charge in [-0.3, -0.25) is 4.79 Å². The van der Waals surface area contributed by atoms with E-state index in [2.05, 4.69) is 16.0 Å². The number of benzene rings is 2. The van der Waals surface area contributed by atoms with Crippen LogP contribution in [0.25, 0.3) is 0 Å². The second-order valence-electron chi connectivity index (χ2n) is 6.71. The third kappa shape index (κ3) is 6.18. The predicted octanol–water partition coefficient (Wildman–Crippen LogP) is 4.59. The summed E-state index contributed by atoms with van der Waals surface area (Å²) in [4.78, 5) is 24.3. The molecule has 0 aliphatic rings. The summed E-state index contributed by atoms with van der Waals surface area (Å²) in [7, 11) is 1.53. The highest BCUT2D eigenvalue weighted by Crippen LogP contribution is 2.36. The van der Waals surface area contributed by atoms with Crippen LogP contribution >= 0.6 is 11.6 Å². The monoisotopic (exact) mass is 457 g/mol. The molecule has 0 saturated heterocycles. The number of nitrogens with one attached hydrogen (secondary N) is 3. The lowest BCUT2D eigenvalue weighted by Gasteiger charge is -2.14. The number of rotatable bonds is 9. The molecule has 3 aromatic rings. The average Bonchev–Trinajstić information content (AvgIpc) is 3.33. The van der Waals surface area contributed by atoms with Gasteiger partial charge in [-0.25, -0.2) is 4.79 Å². The fraction of sp³-hybridized carbons (Fsp3) is 0.217. The summed E-state index contributed by atoms with van der Waals surface area (Å²) < 4.78 is 15.9. The van der Waals surface area contributed by atoms with Gasteiger partial charge in [0.25, 0.3) is 5.91 Å². The minimum atomic E-state index is -0.348. The molecule has 32 heavy (non-hydrogen) atoms. The molecule has 8 nitrogen and oxygen atoms in total. The number of amides is 3. The van der Waals surface area contributed by atoms with Crippen molar-refractivity contribution in [2.45, 2.75) is 20.0 Å². The van der Waals surface area contributed by atoms with Crippen LogP contribution in [0.3, 0.4) is 0 Å². The lowest BCUT2D eigenvalue weighted by Crippen LogP contribution is -2.34. The van der Waals surface area contributed by atoms with Gasteiger partial charge in [0.05, 0.1) is 25.0 Å². The van der Waals surface area contributed by atoms with Gasteiger partial charge < -0.3 is 29.8 Å². The SMILES string of the molecule is CCOc1c(Cl)cc(CNC(=O)NCc2cccc(NC(=O)c3ccco3)c2)cc1OC. The fourth-order valence-corrected chi connectivity index (χ4v) is 3.23. The Labute approximate surface area is 190 Å². The Balaban J connectivity index is 1.52. The van der Waals surface area contributed by atoms with Crippen LogP contribution in [0.1, 0.15) is 28.6 Å². The van der Waals surface area contributed by atoms with Crippen LogP contribution in [0, 0.1) is 0 Å². The van der Waals surface area contributed by atoms with E-state index in [0.29, 0.717) is 28.8 Å². The van der Waals surface area contributed by atoms with Crippen molar-refractivity contribution in [3.05, 3.63) is 76.7 Å². The van der Waals surface area contributed by atoms with Gasteiger partial charge in [-0.1, -0.05) is 23.7 Å². The van der Waals surface area contributed by atoms with E-state index in [1.165, 1.54) is 13.4 Å². The van der Waals surface area contributed by atoms with Crippen molar-refractivity contribution in [1.82, 2.24) is 10.6 Å². The quantitative estimate of drug-likeness (QED) is 0.436. The molecule has 3 amide bonds. The first kappa shape index (κ1) is 23.0. The first-order valence-electron chi connectivity index (χ1n) is 9.94. The molecule has 1 heterocycles. The third-order valence-electron chi connectivity index (χ3n) is 4.41. The lowest BCUT2D eigenvalue weighted by atomic mass is 10.2. The van der Waals surface area contributed by atoms with Crippen molar-refractivity contribution in [2.75, 3.05) is 19.0 Å². The third-order valence-corrected chi connectivity index (χ3v) is 4.69. The Bertz CT molecular complexity index is 1070. The molecule has 0 bridgehead atoms. The van der Waals surface area contributed by atoms with E-state index < -0.39 is 0 Å². The molecule has 3 rings (SSSR count). The number of methoxy groups -OCH3 is 1. The predicted molar refractivity (Wildman–Crippen MR) is 121 cm³/mol. The highest BCUT2D eigenvalue weighted by Gasteiger charge is 2.12. The molecule has 0 aliphatic carbocycles. The highest BCUT2D eigenvalue weighted by atomic mass is 35.5. The Kier molecular flexibility index (Phi) is 7.99. The highest BCUT2D eigenvalue weighted by molar-refractivity contribution is 6.32. The fourth-order valence-electron chi connectivity index (χ4n) is 2.95. The Morgan fingerprint density at radius 1 is 1.03 bits per heavy atom. The smallest absolute Gasteiger partial charge is 0.315 e. The zero-order valence-electron chi connectivity index (χ0n) is 17.7. The van der Waals surface area contributed by atoms with Gasteiger partial charge in [-0.15, -0.1) is 0 Å². The minimum Gasteiger partial charge on any atom is -0.493 e. The first-order chi connectivity index (χ1) is 15.5. The molecule has 0 spiro atoms. The largest absolute Gasteiger partial charge is 0.493 e.